The maximum absolute atomic E-state index is 10.7. The molecule has 0 aliphatic carbocycles. The van der Waals surface area contributed by atoms with E-state index in [1.54, 1.807) is 11.3 Å². The minimum Gasteiger partial charge on any atom is -0.481 e. The molecule has 2 aromatic rings. The van der Waals surface area contributed by atoms with Crippen LogP contribution < -0.4 is 0 Å². The topological polar surface area (TPSA) is 50.2 Å². The highest BCUT2D eigenvalue weighted by Crippen LogP contribution is 2.29. The molecule has 0 saturated heterocycles. The normalized spacial score (nSPS) is 10.5. The van der Waals surface area contributed by atoms with Crippen LogP contribution in [0.1, 0.15) is 23.2 Å². The van der Waals surface area contributed by atoms with Crippen LogP contribution in [-0.4, -0.2) is 16.1 Å². The number of carboxylic acid groups (broad SMARTS) is 1. The molecule has 0 amide bonds. The molecule has 2 rings (SSSR count). The van der Waals surface area contributed by atoms with Crippen molar-refractivity contribution in [1.82, 2.24) is 4.98 Å². The summed E-state index contributed by atoms with van der Waals surface area (Å²) in [6.45, 7) is 2.06. The second kappa shape index (κ2) is 5.78. The lowest BCUT2D eigenvalue weighted by Crippen LogP contribution is -1.97. The van der Waals surface area contributed by atoms with Crippen molar-refractivity contribution in [2.75, 3.05) is 0 Å². The van der Waals surface area contributed by atoms with Crippen molar-refractivity contribution in [2.45, 2.75) is 26.2 Å². The molecule has 0 bridgehead atoms. The number of thiazole rings is 1. The van der Waals surface area contributed by atoms with Crippen molar-refractivity contribution in [3.05, 3.63) is 40.2 Å². The summed E-state index contributed by atoms with van der Waals surface area (Å²) < 4.78 is 0. The smallest absolute Gasteiger partial charge is 0.303 e. The molecule has 0 radical (unpaired) electrons. The first-order chi connectivity index (χ1) is 8.70. The van der Waals surface area contributed by atoms with Gasteiger partial charge in [0.2, 0.25) is 0 Å². The molecule has 0 saturated carbocycles. The fourth-order valence-electron chi connectivity index (χ4n) is 1.76. The van der Waals surface area contributed by atoms with E-state index < -0.39 is 5.97 Å². The van der Waals surface area contributed by atoms with Crippen LogP contribution in [0, 0.1) is 0 Å². The molecule has 0 atom stereocenters. The van der Waals surface area contributed by atoms with E-state index in [-0.39, 0.29) is 6.42 Å². The third kappa shape index (κ3) is 2.96. The minimum atomic E-state index is -0.763. The molecule has 1 aromatic heterocycles. The van der Waals surface area contributed by atoms with Crippen molar-refractivity contribution < 1.29 is 9.90 Å². The van der Waals surface area contributed by atoms with Crippen molar-refractivity contribution in [3.8, 4) is 11.3 Å². The molecule has 0 fully saturated rings. The molecule has 1 N–H and O–H groups in total. The Labute approximate surface area is 110 Å². The average Bonchev–Trinajstić information content (AvgIpc) is 2.80. The van der Waals surface area contributed by atoms with Crippen LogP contribution in [0.4, 0.5) is 0 Å². The standard InChI is InChI=1S/C14H15NO2S/c1-2-12-15-14(10-6-4-3-5-7-10)11(18-12)8-9-13(16)17/h3-7H,2,8-9H2,1H3,(H,16,17). The van der Waals surface area contributed by atoms with Crippen LogP contribution in [0.2, 0.25) is 0 Å². The van der Waals surface area contributed by atoms with E-state index in [2.05, 4.69) is 11.9 Å². The Morgan fingerprint density at radius 2 is 2.06 bits per heavy atom. The van der Waals surface area contributed by atoms with Gasteiger partial charge in [0.05, 0.1) is 17.1 Å². The molecule has 0 spiro atoms. The zero-order chi connectivity index (χ0) is 13.0. The second-order valence-electron chi connectivity index (χ2n) is 3.99. The van der Waals surface area contributed by atoms with Gasteiger partial charge in [-0.3, -0.25) is 4.79 Å². The molecular weight excluding hydrogens is 246 g/mol. The summed E-state index contributed by atoms with van der Waals surface area (Å²) >= 11 is 1.62. The number of nitrogens with zero attached hydrogens (tertiary/aromatic N) is 1. The number of carboxylic acids is 1. The molecule has 0 unspecified atom stereocenters. The van der Waals surface area contributed by atoms with Gasteiger partial charge in [-0.25, -0.2) is 4.98 Å². The number of aliphatic carboxylic acids is 1. The molecular formula is C14H15NO2S. The molecule has 1 heterocycles. The summed E-state index contributed by atoms with van der Waals surface area (Å²) in [4.78, 5) is 16.4. The van der Waals surface area contributed by atoms with Crippen molar-refractivity contribution in [3.63, 3.8) is 0 Å². The molecule has 0 aliphatic heterocycles. The quantitative estimate of drug-likeness (QED) is 0.897. The summed E-state index contributed by atoms with van der Waals surface area (Å²) in [5.41, 5.74) is 2.01. The highest BCUT2D eigenvalue weighted by atomic mass is 32.1. The summed E-state index contributed by atoms with van der Waals surface area (Å²) in [5.74, 6) is -0.763. The summed E-state index contributed by atoms with van der Waals surface area (Å²) in [6.07, 6.45) is 1.60. The van der Waals surface area contributed by atoms with Gasteiger partial charge in [-0.2, -0.15) is 0 Å². The van der Waals surface area contributed by atoms with E-state index >= 15 is 0 Å². The van der Waals surface area contributed by atoms with Gasteiger partial charge >= 0.3 is 5.97 Å². The van der Waals surface area contributed by atoms with Crippen molar-refractivity contribution in [2.24, 2.45) is 0 Å². The molecule has 1 aromatic carbocycles. The van der Waals surface area contributed by atoms with Gasteiger partial charge in [-0.1, -0.05) is 37.3 Å². The minimum absolute atomic E-state index is 0.158. The zero-order valence-corrected chi connectivity index (χ0v) is 11.0. The number of rotatable bonds is 5. The van der Waals surface area contributed by atoms with Crippen LogP contribution in [0.15, 0.2) is 30.3 Å². The van der Waals surface area contributed by atoms with Crippen LogP contribution in [0.3, 0.4) is 0 Å². The van der Waals surface area contributed by atoms with Gasteiger partial charge in [-0.05, 0) is 12.8 Å². The van der Waals surface area contributed by atoms with Crippen molar-refractivity contribution in [1.29, 1.82) is 0 Å². The number of aryl methyl sites for hydroxylation is 2. The maximum Gasteiger partial charge on any atom is 0.303 e. The van der Waals surface area contributed by atoms with Crippen LogP contribution in [0.5, 0.6) is 0 Å². The fourth-order valence-corrected chi connectivity index (χ4v) is 2.79. The Kier molecular flexibility index (Phi) is 4.10. The van der Waals surface area contributed by atoms with Gasteiger partial charge in [0, 0.05) is 10.4 Å². The first kappa shape index (κ1) is 12.8. The van der Waals surface area contributed by atoms with Crippen LogP contribution >= 0.6 is 11.3 Å². The monoisotopic (exact) mass is 261 g/mol. The molecule has 0 aliphatic rings. The number of hydrogen-bond acceptors (Lipinski definition) is 3. The van der Waals surface area contributed by atoms with Crippen molar-refractivity contribution >= 4 is 17.3 Å². The lowest BCUT2D eigenvalue weighted by Gasteiger charge is -2.00. The second-order valence-corrected chi connectivity index (χ2v) is 5.16. The fraction of sp³-hybridized carbons (Fsp3) is 0.286. The number of carbonyl (C=O) groups is 1. The highest BCUT2D eigenvalue weighted by Gasteiger charge is 2.13. The van der Waals surface area contributed by atoms with E-state index in [0.29, 0.717) is 6.42 Å². The Balaban J connectivity index is 2.33. The van der Waals surface area contributed by atoms with Gasteiger partial charge in [0.15, 0.2) is 0 Å². The predicted molar refractivity (Wildman–Crippen MR) is 72.9 cm³/mol. The lowest BCUT2D eigenvalue weighted by molar-refractivity contribution is -0.136. The van der Waals surface area contributed by atoms with E-state index in [1.807, 2.05) is 30.3 Å². The third-order valence-corrected chi connectivity index (χ3v) is 3.92. The predicted octanol–water partition coefficient (Wildman–Crippen LogP) is 3.39. The Bertz CT molecular complexity index is 534. The van der Waals surface area contributed by atoms with Gasteiger partial charge < -0.3 is 5.11 Å². The van der Waals surface area contributed by atoms with Gasteiger partial charge in [0.25, 0.3) is 0 Å². The van der Waals surface area contributed by atoms with E-state index in [9.17, 15) is 4.79 Å². The first-order valence-corrected chi connectivity index (χ1v) is 6.78. The van der Waals surface area contributed by atoms with E-state index in [0.717, 1.165) is 27.6 Å². The molecule has 94 valence electrons. The number of aromatic nitrogens is 1. The first-order valence-electron chi connectivity index (χ1n) is 5.96. The van der Waals surface area contributed by atoms with Gasteiger partial charge in [0.1, 0.15) is 0 Å². The summed E-state index contributed by atoms with van der Waals surface area (Å²) in [7, 11) is 0. The summed E-state index contributed by atoms with van der Waals surface area (Å²) in [5, 5.41) is 9.85. The Hall–Kier alpha value is -1.68. The third-order valence-electron chi connectivity index (χ3n) is 2.66. The van der Waals surface area contributed by atoms with Crippen LogP contribution in [-0.2, 0) is 17.6 Å². The SMILES string of the molecule is CCc1nc(-c2ccccc2)c(CCC(=O)O)s1. The summed E-state index contributed by atoms with van der Waals surface area (Å²) in [6, 6.07) is 9.94. The van der Waals surface area contributed by atoms with Gasteiger partial charge in [-0.15, -0.1) is 11.3 Å². The largest absolute Gasteiger partial charge is 0.481 e. The lowest BCUT2D eigenvalue weighted by atomic mass is 10.1. The molecule has 4 heteroatoms. The maximum atomic E-state index is 10.7. The molecule has 3 nitrogen and oxygen atoms in total. The van der Waals surface area contributed by atoms with Crippen LogP contribution in [0.25, 0.3) is 11.3 Å². The average molecular weight is 261 g/mol. The Morgan fingerprint density at radius 1 is 1.33 bits per heavy atom. The van der Waals surface area contributed by atoms with E-state index in [4.69, 9.17) is 5.11 Å². The number of hydrogen-bond donors (Lipinski definition) is 1. The van der Waals surface area contributed by atoms with E-state index in [1.165, 1.54) is 0 Å². The highest BCUT2D eigenvalue weighted by molar-refractivity contribution is 7.12. The Morgan fingerprint density at radius 3 is 2.67 bits per heavy atom. The zero-order valence-electron chi connectivity index (χ0n) is 10.2. The molecule has 18 heavy (non-hydrogen) atoms. The number of benzene rings is 1.